The summed E-state index contributed by atoms with van der Waals surface area (Å²) >= 11 is 0. The molecule has 2 fully saturated rings. The molecule has 8 heteroatoms. The van der Waals surface area contributed by atoms with E-state index in [0.29, 0.717) is 12.6 Å². The van der Waals surface area contributed by atoms with Gasteiger partial charge in [-0.25, -0.2) is 4.79 Å². The molecule has 0 radical (unpaired) electrons. The van der Waals surface area contributed by atoms with Crippen LogP contribution in [0.4, 0.5) is 10.5 Å². The largest absolute Gasteiger partial charge is 0.354 e. The molecule has 0 saturated carbocycles. The fourth-order valence-electron chi connectivity index (χ4n) is 4.07. The van der Waals surface area contributed by atoms with Gasteiger partial charge in [0.15, 0.2) is 5.96 Å². The molecule has 168 valence electrons. The van der Waals surface area contributed by atoms with Crippen LogP contribution in [0, 0.1) is 0 Å². The van der Waals surface area contributed by atoms with Gasteiger partial charge in [-0.15, -0.1) is 24.0 Å². The minimum Gasteiger partial charge on any atom is -0.354 e. The number of benzene rings is 1. The van der Waals surface area contributed by atoms with Gasteiger partial charge >= 0.3 is 6.03 Å². The molecule has 7 nitrogen and oxygen atoms in total. The third-order valence-electron chi connectivity index (χ3n) is 5.72. The predicted octanol–water partition coefficient (Wildman–Crippen LogP) is 3.47. The number of likely N-dealkylation sites (tertiary alicyclic amines) is 2. The zero-order valence-corrected chi connectivity index (χ0v) is 20.7. The Hall–Kier alpha value is -1.55. The van der Waals surface area contributed by atoms with Crippen LogP contribution in [0.3, 0.4) is 0 Å². The van der Waals surface area contributed by atoms with Crippen molar-refractivity contribution < 1.29 is 4.79 Å². The van der Waals surface area contributed by atoms with Crippen molar-refractivity contribution in [2.75, 3.05) is 45.1 Å². The standard InChI is InChI=1S/C22H36N6O.HI/c1-3-11-27-14-9-19(10-15-27)25-21(23-2)24-17-18-7-6-8-20(16-18)26-22(29)28-12-4-5-13-28;/h6-8,16,19H,3-5,9-15,17H2,1-2H3,(H,26,29)(H2,23,24,25);1H. The first-order valence-electron chi connectivity index (χ1n) is 11.0. The van der Waals surface area contributed by atoms with Crippen molar-refractivity contribution in [2.24, 2.45) is 4.99 Å². The number of piperidine rings is 1. The summed E-state index contributed by atoms with van der Waals surface area (Å²) in [4.78, 5) is 21.1. The lowest BCUT2D eigenvalue weighted by Crippen LogP contribution is -2.48. The second-order valence-electron chi connectivity index (χ2n) is 8.01. The van der Waals surface area contributed by atoms with Gasteiger partial charge in [-0.3, -0.25) is 4.99 Å². The van der Waals surface area contributed by atoms with Gasteiger partial charge in [-0.1, -0.05) is 19.1 Å². The maximum absolute atomic E-state index is 12.3. The number of nitrogens with zero attached hydrogens (tertiary/aromatic N) is 3. The van der Waals surface area contributed by atoms with Crippen LogP contribution in [0.25, 0.3) is 0 Å². The van der Waals surface area contributed by atoms with Crippen molar-refractivity contribution in [3.8, 4) is 0 Å². The van der Waals surface area contributed by atoms with Gasteiger partial charge in [0.2, 0.25) is 0 Å². The van der Waals surface area contributed by atoms with Gasteiger partial charge in [-0.05, 0) is 56.3 Å². The van der Waals surface area contributed by atoms with Crippen molar-refractivity contribution in [1.82, 2.24) is 20.4 Å². The van der Waals surface area contributed by atoms with Crippen LogP contribution in [0.1, 0.15) is 44.6 Å². The lowest BCUT2D eigenvalue weighted by Gasteiger charge is -2.32. The number of aliphatic imine (C=N–C) groups is 1. The van der Waals surface area contributed by atoms with Crippen molar-refractivity contribution in [1.29, 1.82) is 0 Å². The Kier molecular flexibility index (Phi) is 10.7. The zero-order valence-electron chi connectivity index (χ0n) is 18.3. The summed E-state index contributed by atoms with van der Waals surface area (Å²) < 4.78 is 0. The molecule has 0 aliphatic carbocycles. The van der Waals surface area contributed by atoms with E-state index in [1.807, 2.05) is 30.1 Å². The molecule has 2 heterocycles. The highest BCUT2D eigenvalue weighted by molar-refractivity contribution is 14.0. The van der Waals surface area contributed by atoms with Crippen LogP contribution >= 0.6 is 24.0 Å². The molecule has 3 N–H and O–H groups in total. The molecule has 3 rings (SSSR count). The first-order valence-corrected chi connectivity index (χ1v) is 11.0. The number of guanidine groups is 1. The number of hydrogen-bond acceptors (Lipinski definition) is 3. The van der Waals surface area contributed by atoms with Crippen LogP contribution in [0.5, 0.6) is 0 Å². The molecule has 2 aliphatic heterocycles. The SMILES string of the molecule is CCCN1CCC(NC(=NC)NCc2cccc(NC(=O)N3CCCC3)c2)CC1.I. The van der Waals surface area contributed by atoms with Crippen molar-refractivity contribution >= 4 is 41.7 Å². The van der Waals surface area contributed by atoms with Crippen molar-refractivity contribution in [2.45, 2.75) is 51.6 Å². The molecule has 2 aliphatic rings. The Bertz CT molecular complexity index is 684. The molecule has 1 aromatic rings. The molecule has 0 bridgehead atoms. The highest BCUT2D eigenvalue weighted by Gasteiger charge is 2.19. The summed E-state index contributed by atoms with van der Waals surface area (Å²) in [5.41, 5.74) is 1.96. The molecule has 0 aromatic heterocycles. The molecule has 0 spiro atoms. The Morgan fingerprint density at radius 3 is 2.57 bits per heavy atom. The second-order valence-corrected chi connectivity index (χ2v) is 8.01. The number of nitrogens with one attached hydrogen (secondary N) is 3. The molecule has 0 atom stereocenters. The summed E-state index contributed by atoms with van der Waals surface area (Å²) in [6, 6.07) is 8.48. The average molecular weight is 528 g/mol. The normalized spacial score (nSPS) is 18.1. The molecule has 1 aromatic carbocycles. The number of halogens is 1. The van der Waals surface area contributed by atoms with Crippen LogP contribution in [-0.2, 0) is 6.54 Å². The summed E-state index contributed by atoms with van der Waals surface area (Å²) in [6.07, 6.45) is 5.72. The number of carbonyl (C=O) groups excluding carboxylic acids is 1. The highest BCUT2D eigenvalue weighted by Crippen LogP contribution is 2.14. The summed E-state index contributed by atoms with van der Waals surface area (Å²) in [7, 11) is 1.81. The number of hydrogen-bond donors (Lipinski definition) is 3. The molecular weight excluding hydrogens is 491 g/mol. The minimum atomic E-state index is -0.000462. The molecule has 30 heavy (non-hydrogen) atoms. The van der Waals surface area contributed by atoms with E-state index >= 15 is 0 Å². The fourth-order valence-corrected chi connectivity index (χ4v) is 4.07. The van der Waals surface area contributed by atoms with E-state index in [2.05, 4.69) is 38.8 Å². The van der Waals surface area contributed by atoms with Crippen LogP contribution in [-0.4, -0.2) is 67.6 Å². The minimum absolute atomic E-state index is 0. The maximum Gasteiger partial charge on any atom is 0.321 e. The quantitative estimate of drug-likeness (QED) is 0.301. The topological polar surface area (TPSA) is 72.0 Å². The zero-order chi connectivity index (χ0) is 20.5. The van der Waals surface area contributed by atoms with E-state index in [4.69, 9.17) is 0 Å². The summed E-state index contributed by atoms with van der Waals surface area (Å²) in [5, 5.41) is 9.98. The first kappa shape index (κ1) is 24.7. The third kappa shape index (κ3) is 7.61. The van der Waals surface area contributed by atoms with Gasteiger partial charge in [0.1, 0.15) is 0 Å². The van der Waals surface area contributed by atoms with Gasteiger partial charge in [0.05, 0.1) is 0 Å². The van der Waals surface area contributed by atoms with E-state index in [-0.39, 0.29) is 30.0 Å². The first-order chi connectivity index (χ1) is 14.2. The van der Waals surface area contributed by atoms with E-state index in [1.165, 1.54) is 13.0 Å². The molecule has 0 unspecified atom stereocenters. The number of carbonyl (C=O) groups is 1. The Morgan fingerprint density at radius 2 is 1.90 bits per heavy atom. The molecule has 2 amide bonds. The number of urea groups is 1. The number of anilines is 1. The van der Waals surface area contributed by atoms with Gasteiger partial charge in [0, 0.05) is 51.5 Å². The Balaban J connectivity index is 0.00000320. The smallest absolute Gasteiger partial charge is 0.321 e. The van der Waals surface area contributed by atoms with Gasteiger partial charge in [0.25, 0.3) is 0 Å². The average Bonchev–Trinajstić information content (AvgIpc) is 3.28. The Morgan fingerprint density at radius 1 is 1.17 bits per heavy atom. The second kappa shape index (κ2) is 13.0. The van der Waals surface area contributed by atoms with Crippen molar-refractivity contribution in [3.05, 3.63) is 29.8 Å². The van der Waals surface area contributed by atoms with E-state index < -0.39 is 0 Å². The highest BCUT2D eigenvalue weighted by atomic mass is 127. The number of rotatable bonds is 6. The molecular formula is C22H37IN6O. The monoisotopic (exact) mass is 528 g/mol. The van der Waals surface area contributed by atoms with Crippen LogP contribution in [0.2, 0.25) is 0 Å². The van der Waals surface area contributed by atoms with Gasteiger partial charge < -0.3 is 25.8 Å². The number of amides is 2. The lowest BCUT2D eigenvalue weighted by atomic mass is 10.1. The summed E-state index contributed by atoms with van der Waals surface area (Å²) in [5.74, 6) is 0.838. The van der Waals surface area contributed by atoms with E-state index in [1.54, 1.807) is 0 Å². The summed E-state index contributed by atoms with van der Waals surface area (Å²) in [6.45, 7) is 8.12. The maximum atomic E-state index is 12.3. The lowest BCUT2D eigenvalue weighted by molar-refractivity contribution is 0.206. The van der Waals surface area contributed by atoms with E-state index in [9.17, 15) is 4.79 Å². The van der Waals surface area contributed by atoms with Gasteiger partial charge in [-0.2, -0.15) is 0 Å². The Labute approximate surface area is 198 Å². The fraction of sp³-hybridized carbons (Fsp3) is 0.636. The van der Waals surface area contributed by atoms with Crippen molar-refractivity contribution in [3.63, 3.8) is 0 Å². The predicted molar refractivity (Wildman–Crippen MR) is 135 cm³/mol. The van der Waals surface area contributed by atoms with E-state index in [0.717, 1.165) is 69.1 Å². The van der Waals surface area contributed by atoms with Crippen LogP contribution in [0.15, 0.2) is 29.3 Å². The van der Waals surface area contributed by atoms with Crippen LogP contribution < -0.4 is 16.0 Å². The molecule has 2 saturated heterocycles. The third-order valence-corrected chi connectivity index (χ3v) is 5.72.